The topological polar surface area (TPSA) is 6.25 Å². The molecule has 3 heterocycles. The molecule has 0 N–H and O–H groups in total. The number of rotatable bonds is 3. The maximum Gasteiger partial charge on any atom is 0.199 e. The van der Waals surface area contributed by atoms with Crippen LogP contribution in [0.2, 0.25) is 13.1 Å². The first kappa shape index (κ1) is 22.7. The van der Waals surface area contributed by atoms with Gasteiger partial charge in [0.15, 0.2) is 5.71 Å². The SMILES string of the molecule is C[Si]1(C)C2=CC(=[N+]3CCC3)C=CC2=C(c2ccccc2CCl)c2ccc(N3CCC3)cc21.[Cl-]. The maximum absolute atomic E-state index is 6.43. The number of anilines is 1. The van der Waals surface area contributed by atoms with Crippen LogP contribution in [-0.2, 0) is 5.88 Å². The molecule has 0 unspecified atom stereocenters. The fourth-order valence-corrected chi connectivity index (χ4v) is 8.84. The third-order valence-corrected chi connectivity index (χ3v) is 11.6. The molecule has 0 bridgehead atoms. The first-order valence-corrected chi connectivity index (χ1v) is 15.4. The second-order valence-corrected chi connectivity index (χ2v) is 14.5. The van der Waals surface area contributed by atoms with Crippen LogP contribution >= 0.6 is 11.6 Å². The first-order valence-electron chi connectivity index (χ1n) is 11.9. The Labute approximate surface area is 209 Å². The van der Waals surface area contributed by atoms with E-state index >= 15 is 0 Å². The summed E-state index contributed by atoms with van der Waals surface area (Å²) in [7, 11) is -1.87. The molecule has 0 spiro atoms. The van der Waals surface area contributed by atoms with Gasteiger partial charge in [-0.15, -0.1) is 11.6 Å². The van der Waals surface area contributed by atoms with Crippen molar-refractivity contribution in [3.05, 3.63) is 88.2 Å². The Morgan fingerprint density at radius 2 is 1.76 bits per heavy atom. The van der Waals surface area contributed by atoms with Gasteiger partial charge in [0.2, 0.25) is 0 Å². The van der Waals surface area contributed by atoms with Gasteiger partial charge in [-0.05, 0) is 62.8 Å². The quantitative estimate of drug-likeness (QED) is 0.361. The number of hydrogen-bond donors (Lipinski definition) is 0. The molecule has 2 aromatic rings. The van der Waals surface area contributed by atoms with E-state index in [4.69, 9.17) is 11.6 Å². The Balaban J connectivity index is 0.00000228. The van der Waals surface area contributed by atoms with Crippen LogP contribution in [-0.4, -0.2) is 44.5 Å². The highest BCUT2D eigenvalue weighted by molar-refractivity contribution is 6.98. The lowest BCUT2D eigenvalue weighted by molar-refractivity contribution is -0.582. The normalized spacial score (nSPS) is 20.3. The minimum absolute atomic E-state index is 0. The molecule has 5 heteroatoms. The van der Waals surface area contributed by atoms with Crippen molar-refractivity contribution in [1.29, 1.82) is 0 Å². The molecule has 33 heavy (non-hydrogen) atoms. The second-order valence-electron chi connectivity index (χ2n) is 9.93. The molecule has 2 nitrogen and oxygen atoms in total. The lowest BCUT2D eigenvalue weighted by Crippen LogP contribution is -3.00. The summed E-state index contributed by atoms with van der Waals surface area (Å²) in [6, 6.07) is 15.9. The standard InChI is InChI=1S/C28H30ClN2Si.ClH/c1-32(2)26-17-21(30-13-5-14-30)9-11-24(26)28(23-8-4-3-7-20(23)19-29)25-12-10-22(18-27(25)32)31-15-6-16-31;/h3-4,7-12,17-18H,5-6,13-16,19H2,1-2H3;1H/q+1;/p-1. The van der Waals surface area contributed by atoms with E-state index in [0.29, 0.717) is 5.88 Å². The lowest BCUT2D eigenvalue weighted by Gasteiger charge is -2.40. The van der Waals surface area contributed by atoms with E-state index in [1.807, 2.05) is 0 Å². The molecule has 0 radical (unpaired) electrons. The average Bonchev–Trinajstić information content (AvgIpc) is 2.72. The largest absolute Gasteiger partial charge is 1.00 e. The number of alkyl halides is 1. The summed E-state index contributed by atoms with van der Waals surface area (Å²) >= 11 is 6.43. The van der Waals surface area contributed by atoms with Gasteiger partial charge in [0.25, 0.3) is 0 Å². The molecule has 2 fully saturated rings. The van der Waals surface area contributed by atoms with Crippen LogP contribution in [0.5, 0.6) is 0 Å². The van der Waals surface area contributed by atoms with E-state index in [9.17, 15) is 0 Å². The van der Waals surface area contributed by atoms with Gasteiger partial charge >= 0.3 is 0 Å². The minimum Gasteiger partial charge on any atom is -1.00 e. The van der Waals surface area contributed by atoms with E-state index in [2.05, 4.69) is 83.3 Å². The molecule has 4 aliphatic rings. The lowest BCUT2D eigenvalue weighted by atomic mass is 9.87. The molecule has 0 aromatic heterocycles. The molecule has 0 atom stereocenters. The Morgan fingerprint density at radius 3 is 2.42 bits per heavy atom. The van der Waals surface area contributed by atoms with Crippen molar-refractivity contribution in [2.24, 2.45) is 0 Å². The zero-order valence-corrected chi connectivity index (χ0v) is 21.9. The summed E-state index contributed by atoms with van der Waals surface area (Å²) in [4.78, 5) is 2.52. The maximum atomic E-state index is 6.43. The van der Waals surface area contributed by atoms with Gasteiger partial charge in [-0.1, -0.05) is 43.4 Å². The van der Waals surface area contributed by atoms with Gasteiger partial charge < -0.3 is 17.3 Å². The van der Waals surface area contributed by atoms with Crippen molar-refractivity contribution in [3.63, 3.8) is 0 Å². The number of hydrogen-bond acceptors (Lipinski definition) is 1. The Morgan fingerprint density at radius 1 is 0.970 bits per heavy atom. The van der Waals surface area contributed by atoms with Crippen molar-refractivity contribution >= 4 is 41.8 Å². The zero-order chi connectivity index (χ0) is 21.9. The van der Waals surface area contributed by atoms with E-state index in [-0.39, 0.29) is 12.4 Å². The van der Waals surface area contributed by atoms with Crippen molar-refractivity contribution in [2.75, 3.05) is 31.1 Å². The van der Waals surface area contributed by atoms with E-state index in [0.717, 1.165) is 0 Å². The van der Waals surface area contributed by atoms with Crippen LogP contribution in [0.25, 0.3) is 5.57 Å². The summed E-state index contributed by atoms with van der Waals surface area (Å²) in [5, 5.41) is 3.13. The fourth-order valence-electron chi connectivity index (χ4n) is 5.54. The zero-order valence-electron chi connectivity index (χ0n) is 19.4. The third kappa shape index (κ3) is 3.56. The monoisotopic (exact) mass is 492 g/mol. The van der Waals surface area contributed by atoms with E-state index in [1.165, 1.54) is 78.3 Å². The first-order chi connectivity index (χ1) is 15.6. The van der Waals surface area contributed by atoms with E-state index < -0.39 is 8.07 Å². The van der Waals surface area contributed by atoms with Crippen LogP contribution in [0.4, 0.5) is 5.69 Å². The van der Waals surface area contributed by atoms with Crippen LogP contribution in [0.15, 0.2) is 71.5 Å². The minimum atomic E-state index is -1.87. The van der Waals surface area contributed by atoms with Crippen LogP contribution in [0, 0.1) is 0 Å². The average molecular weight is 494 g/mol. The Hall–Kier alpha value is -2.07. The van der Waals surface area contributed by atoms with Gasteiger partial charge in [-0.3, -0.25) is 0 Å². The molecule has 1 aliphatic carbocycles. The molecule has 2 saturated heterocycles. The molecule has 170 valence electrons. The number of benzene rings is 2. The van der Waals surface area contributed by atoms with Crippen LogP contribution in [0.1, 0.15) is 29.5 Å². The summed E-state index contributed by atoms with van der Waals surface area (Å²) in [6.45, 7) is 9.80. The van der Waals surface area contributed by atoms with Crippen molar-refractivity contribution < 1.29 is 17.0 Å². The number of fused-ring (bicyclic) bond motifs is 2. The fraction of sp³-hybridized carbons (Fsp3) is 0.321. The predicted molar refractivity (Wildman–Crippen MR) is 139 cm³/mol. The van der Waals surface area contributed by atoms with Gasteiger partial charge in [0.1, 0.15) is 21.2 Å². The van der Waals surface area contributed by atoms with Gasteiger partial charge in [0.05, 0.1) is 6.42 Å². The highest BCUT2D eigenvalue weighted by Crippen LogP contribution is 2.43. The summed E-state index contributed by atoms with van der Waals surface area (Å²) < 4.78 is 2.52. The third-order valence-electron chi connectivity index (χ3n) is 7.76. The molecular formula is C28H30Cl2N2Si. The summed E-state index contributed by atoms with van der Waals surface area (Å²) in [5.74, 6) is 0.531. The van der Waals surface area contributed by atoms with Crippen LogP contribution < -0.4 is 22.5 Å². The van der Waals surface area contributed by atoms with Crippen molar-refractivity contribution in [3.8, 4) is 0 Å². The molecule has 0 amide bonds. The second kappa shape index (κ2) is 8.61. The smallest absolute Gasteiger partial charge is 0.199 e. The molecular weight excluding hydrogens is 463 g/mol. The van der Waals surface area contributed by atoms with Crippen molar-refractivity contribution in [1.82, 2.24) is 0 Å². The summed E-state index contributed by atoms with van der Waals surface area (Å²) in [5.41, 5.74) is 9.46. The molecule has 3 aliphatic heterocycles. The highest BCUT2D eigenvalue weighted by Gasteiger charge is 2.41. The van der Waals surface area contributed by atoms with Crippen molar-refractivity contribution in [2.45, 2.75) is 31.8 Å². The van der Waals surface area contributed by atoms with E-state index in [1.54, 1.807) is 10.4 Å². The molecule has 2 aromatic carbocycles. The van der Waals surface area contributed by atoms with Gasteiger partial charge in [-0.25, -0.2) is 4.58 Å². The number of allylic oxidation sites excluding steroid dienone is 5. The van der Waals surface area contributed by atoms with Gasteiger partial charge in [0, 0.05) is 36.8 Å². The molecule has 6 rings (SSSR count). The number of halogens is 2. The molecule has 0 saturated carbocycles. The number of nitrogens with zero attached hydrogens (tertiary/aromatic N) is 2. The van der Waals surface area contributed by atoms with Gasteiger partial charge in [-0.2, -0.15) is 0 Å². The Bertz CT molecular complexity index is 1240. The predicted octanol–water partition coefficient (Wildman–Crippen LogP) is 2.26. The Kier molecular flexibility index (Phi) is 5.92. The van der Waals surface area contributed by atoms with Crippen LogP contribution in [0.3, 0.4) is 0 Å². The highest BCUT2D eigenvalue weighted by atomic mass is 35.5. The summed E-state index contributed by atoms with van der Waals surface area (Å²) in [6.07, 6.45) is 9.86.